The van der Waals surface area contributed by atoms with E-state index in [0.29, 0.717) is 23.4 Å². The van der Waals surface area contributed by atoms with Crippen LogP contribution in [0.4, 0.5) is 5.00 Å². The molecule has 2 bridgehead atoms. The van der Waals surface area contributed by atoms with Crippen LogP contribution < -0.4 is 5.32 Å². The number of ether oxygens (including phenoxy) is 2. The summed E-state index contributed by atoms with van der Waals surface area (Å²) in [4.78, 5) is 37.6. The minimum absolute atomic E-state index is 0.243. The molecule has 1 aromatic heterocycles. The van der Waals surface area contributed by atoms with Crippen molar-refractivity contribution in [1.29, 1.82) is 0 Å². The summed E-state index contributed by atoms with van der Waals surface area (Å²) >= 11 is 1.33. The van der Waals surface area contributed by atoms with Crippen LogP contribution in [0.5, 0.6) is 0 Å². The Hall–Kier alpha value is -1.93. The van der Waals surface area contributed by atoms with Gasteiger partial charge in [0.2, 0.25) is 5.91 Å². The summed E-state index contributed by atoms with van der Waals surface area (Å²) in [5, 5.41) is 12.7. The average molecular weight is 381 g/mol. The summed E-state index contributed by atoms with van der Waals surface area (Å²) in [6.07, 6.45) is 2.28. The summed E-state index contributed by atoms with van der Waals surface area (Å²) in [5.41, 5.74) is 0.324. The molecule has 1 amide bonds. The maximum absolute atomic E-state index is 12.8. The van der Waals surface area contributed by atoms with Crippen molar-refractivity contribution in [3.05, 3.63) is 16.5 Å². The zero-order valence-electron chi connectivity index (χ0n) is 14.8. The predicted octanol–water partition coefficient (Wildman–Crippen LogP) is 2.69. The lowest BCUT2D eigenvalue weighted by molar-refractivity contribution is -0.147. The van der Waals surface area contributed by atoms with Gasteiger partial charge in [-0.3, -0.25) is 9.59 Å². The van der Waals surface area contributed by atoms with Gasteiger partial charge in [-0.15, -0.1) is 11.3 Å². The third-order valence-electron chi connectivity index (χ3n) is 4.87. The molecule has 0 spiro atoms. The SMILES string of the molecule is CCCc1cc(C(=O)OCC)c(NC(=O)[C@H]2[C@@H](C(=O)O)[C@@H]3CC[C@@H]2O3)s1. The lowest BCUT2D eigenvalue weighted by Crippen LogP contribution is -2.41. The molecule has 142 valence electrons. The second-order valence-electron chi connectivity index (χ2n) is 6.60. The van der Waals surface area contributed by atoms with Crippen LogP contribution in [0, 0.1) is 11.8 Å². The van der Waals surface area contributed by atoms with E-state index in [-0.39, 0.29) is 12.7 Å². The van der Waals surface area contributed by atoms with Gasteiger partial charge in [-0.1, -0.05) is 13.3 Å². The molecule has 4 atom stereocenters. The van der Waals surface area contributed by atoms with E-state index in [0.717, 1.165) is 17.7 Å². The van der Waals surface area contributed by atoms with Crippen molar-refractivity contribution in [2.75, 3.05) is 11.9 Å². The number of carboxylic acids is 1. The van der Waals surface area contributed by atoms with Crippen LogP contribution in [0.3, 0.4) is 0 Å². The van der Waals surface area contributed by atoms with E-state index in [1.807, 2.05) is 6.92 Å². The molecule has 0 aromatic carbocycles. The van der Waals surface area contributed by atoms with Crippen molar-refractivity contribution in [1.82, 2.24) is 0 Å². The zero-order chi connectivity index (χ0) is 18.8. The normalized spacial score (nSPS) is 26.7. The first-order valence-electron chi connectivity index (χ1n) is 8.95. The van der Waals surface area contributed by atoms with Gasteiger partial charge in [0.1, 0.15) is 5.00 Å². The summed E-state index contributed by atoms with van der Waals surface area (Å²) in [7, 11) is 0. The Bertz CT molecular complexity index is 715. The third kappa shape index (κ3) is 3.48. The van der Waals surface area contributed by atoms with E-state index in [1.54, 1.807) is 13.0 Å². The fraction of sp³-hybridized carbons (Fsp3) is 0.611. The molecule has 0 saturated carbocycles. The quantitative estimate of drug-likeness (QED) is 0.704. The number of rotatable bonds is 7. The second kappa shape index (κ2) is 7.75. The van der Waals surface area contributed by atoms with Gasteiger partial charge in [0, 0.05) is 4.88 Å². The van der Waals surface area contributed by atoms with E-state index in [1.165, 1.54) is 11.3 Å². The maximum Gasteiger partial charge on any atom is 0.341 e. The summed E-state index contributed by atoms with van der Waals surface area (Å²) in [6, 6.07) is 1.74. The molecule has 3 heterocycles. The van der Waals surface area contributed by atoms with Gasteiger partial charge in [-0.2, -0.15) is 0 Å². The number of anilines is 1. The van der Waals surface area contributed by atoms with Crippen LogP contribution in [-0.4, -0.2) is 41.8 Å². The van der Waals surface area contributed by atoms with Crippen molar-refractivity contribution in [2.45, 2.75) is 51.7 Å². The van der Waals surface area contributed by atoms with Gasteiger partial charge in [0.05, 0.1) is 36.2 Å². The monoisotopic (exact) mass is 381 g/mol. The Balaban J connectivity index is 1.82. The average Bonchev–Trinajstić information content (AvgIpc) is 3.29. The first kappa shape index (κ1) is 18.8. The van der Waals surface area contributed by atoms with E-state index < -0.39 is 35.8 Å². The molecule has 2 fully saturated rings. The van der Waals surface area contributed by atoms with E-state index in [4.69, 9.17) is 9.47 Å². The highest BCUT2D eigenvalue weighted by Crippen LogP contribution is 2.44. The Morgan fingerprint density at radius 2 is 1.96 bits per heavy atom. The molecule has 2 saturated heterocycles. The minimum Gasteiger partial charge on any atom is -0.481 e. The number of hydrogen-bond acceptors (Lipinski definition) is 6. The molecule has 0 unspecified atom stereocenters. The highest BCUT2D eigenvalue weighted by Gasteiger charge is 2.55. The molecule has 1 aromatic rings. The summed E-state index contributed by atoms with van der Waals surface area (Å²) in [5.74, 6) is -3.48. The Labute approximate surface area is 155 Å². The first-order chi connectivity index (χ1) is 12.5. The lowest BCUT2D eigenvalue weighted by Gasteiger charge is -2.23. The van der Waals surface area contributed by atoms with Gasteiger partial charge in [0.25, 0.3) is 0 Å². The Morgan fingerprint density at radius 3 is 2.58 bits per heavy atom. The number of esters is 1. The number of carbonyl (C=O) groups excluding carboxylic acids is 2. The molecule has 2 aliphatic rings. The second-order valence-corrected chi connectivity index (χ2v) is 7.73. The van der Waals surface area contributed by atoms with Gasteiger partial charge in [-0.05, 0) is 32.3 Å². The number of nitrogens with one attached hydrogen (secondary N) is 1. The van der Waals surface area contributed by atoms with Crippen molar-refractivity contribution >= 4 is 34.2 Å². The first-order valence-corrected chi connectivity index (χ1v) is 9.76. The van der Waals surface area contributed by atoms with Crippen LogP contribution in [0.1, 0.15) is 48.3 Å². The molecular weight excluding hydrogens is 358 g/mol. The van der Waals surface area contributed by atoms with Gasteiger partial charge >= 0.3 is 11.9 Å². The van der Waals surface area contributed by atoms with Crippen LogP contribution in [0.25, 0.3) is 0 Å². The van der Waals surface area contributed by atoms with Crippen LogP contribution in [0.2, 0.25) is 0 Å². The molecular formula is C18H23NO6S. The standard InChI is InChI=1S/C18H23NO6S/c1-3-5-9-8-10(18(23)24-4-2)16(26-9)19-15(20)13-11-6-7-12(25-11)14(13)17(21)22/h8,11-14H,3-7H2,1-2H3,(H,19,20)(H,21,22)/t11-,12-,13+,14-/m0/s1. The number of fused-ring (bicyclic) bond motifs is 2. The number of carboxylic acid groups (broad SMARTS) is 1. The van der Waals surface area contributed by atoms with Gasteiger partial charge in [-0.25, -0.2) is 4.79 Å². The number of thiophene rings is 1. The lowest BCUT2D eigenvalue weighted by atomic mass is 9.79. The smallest absolute Gasteiger partial charge is 0.341 e. The number of amides is 1. The highest BCUT2D eigenvalue weighted by atomic mass is 32.1. The number of hydrogen-bond donors (Lipinski definition) is 2. The molecule has 2 aliphatic heterocycles. The van der Waals surface area contributed by atoms with Crippen molar-refractivity contribution in [2.24, 2.45) is 11.8 Å². The highest BCUT2D eigenvalue weighted by molar-refractivity contribution is 7.16. The molecule has 0 aliphatic carbocycles. The largest absolute Gasteiger partial charge is 0.481 e. The van der Waals surface area contributed by atoms with Crippen LogP contribution in [0.15, 0.2) is 6.07 Å². The Morgan fingerprint density at radius 1 is 1.27 bits per heavy atom. The zero-order valence-corrected chi connectivity index (χ0v) is 15.6. The molecule has 8 heteroatoms. The molecule has 26 heavy (non-hydrogen) atoms. The van der Waals surface area contributed by atoms with E-state index >= 15 is 0 Å². The number of aryl methyl sites for hydroxylation is 1. The molecule has 7 nitrogen and oxygen atoms in total. The third-order valence-corrected chi connectivity index (χ3v) is 5.98. The summed E-state index contributed by atoms with van der Waals surface area (Å²) < 4.78 is 10.7. The van der Waals surface area contributed by atoms with E-state index in [9.17, 15) is 19.5 Å². The van der Waals surface area contributed by atoms with Crippen molar-refractivity contribution in [3.8, 4) is 0 Å². The van der Waals surface area contributed by atoms with Gasteiger partial charge < -0.3 is 19.9 Å². The molecule has 2 N–H and O–H groups in total. The fourth-order valence-electron chi connectivity index (χ4n) is 3.78. The molecule has 0 radical (unpaired) electrons. The fourth-order valence-corrected chi connectivity index (χ4v) is 4.93. The topological polar surface area (TPSA) is 102 Å². The van der Waals surface area contributed by atoms with Crippen LogP contribution in [-0.2, 0) is 25.5 Å². The van der Waals surface area contributed by atoms with Gasteiger partial charge in [0.15, 0.2) is 0 Å². The van der Waals surface area contributed by atoms with E-state index in [2.05, 4.69) is 5.32 Å². The Kier molecular flexibility index (Phi) is 5.62. The number of aliphatic carboxylic acids is 1. The van der Waals surface area contributed by atoms with Crippen molar-refractivity contribution in [3.63, 3.8) is 0 Å². The minimum atomic E-state index is -1.01. The predicted molar refractivity (Wildman–Crippen MR) is 95.4 cm³/mol. The maximum atomic E-state index is 12.8. The summed E-state index contributed by atoms with van der Waals surface area (Å²) in [6.45, 7) is 4.00. The number of carbonyl (C=O) groups is 3. The van der Waals surface area contributed by atoms with Crippen molar-refractivity contribution < 1.29 is 29.0 Å². The molecule has 3 rings (SSSR count). The van der Waals surface area contributed by atoms with Crippen LogP contribution >= 0.6 is 11.3 Å².